The molecule has 0 saturated carbocycles. The molecule has 0 amide bonds. The molecule has 3 unspecified atom stereocenters. The number of thioether (sulfide) groups is 1. The second-order valence-electron chi connectivity index (χ2n) is 3.42. The van der Waals surface area contributed by atoms with Crippen LogP contribution in [0.5, 0.6) is 0 Å². The van der Waals surface area contributed by atoms with Gasteiger partial charge in [0.2, 0.25) is 0 Å². The van der Waals surface area contributed by atoms with Crippen molar-refractivity contribution < 1.29 is 0 Å². The summed E-state index contributed by atoms with van der Waals surface area (Å²) in [6, 6.07) is 0.472. The summed E-state index contributed by atoms with van der Waals surface area (Å²) >= 11 is 2.06. The van der Waals surface area contributed by atoms with Gasteiger partial charge in [-0.1, -0.05) is 0 Å². The van der Waals surface area contributed by atoms with Crippen molar-refractivity contribution in [3.8, 4) is 0 Å². The minimum atomic E-state index is 0.472. The molecule has 10 heavy (non-hydrogen) atoms. The standard InChI is InChI=1S/C7H14N2S/c1-9-2-5-6(8)4-10-7(5)3-9/h5-7H,2-4,8H2,1H3. The molecule has 0 bridgehead atoms. The van der Waals surface area contributed by atoms with Crippen LogP contribution in [0.4, 0.5) is 0 Å². The molecule has 0 aromatic heterocycles. The van der Waals surface area contributed by atoms with Crippen molar-refractivity contribution in [1.29, 1.82) is 0 Å². The molecule has 0 aromatic rings. The average molecular weight is 158 g/mol. The molecular weight excluding hydrogens is 144 g/mol. The number of hydrogen-bond donors (Lipinski definition) is 1. The molecule has 2 fully saturated rings. The Kier molecular flexibility index (Phi) is 1.66. The fraction of sp³-hybridized carbons (Fsp3) is 1.00. The van der Waals surface area contributed by atoms with Gasteiger partial charge < -0.3 is 10.6 Å². The van der Waals surface area contributed by atoms with Crippen LogP contribution in [0, 0.1) is 5.92 Å². The molecule has 2 rings (SSSR count). The Morgan fingerprint density at radius 3 is 3.00 bits per heavy atom. The van der Waals surface area contributed by atoms with E-state index in [1.54, 1.807) is 0 Å². The molecule has 3 heteroatoms. The Bertz CT molecular complexity index is 140. The molecular formula is C7H14N2S. The van der Waals surface area contributed by atoms with Gasteiger partial charge >= 0.3 is 0 Å². The van der Waals surface area contributed by atoms with Gasteiger partial charge in [-0.25, -0.2) is 0 Å². The zero-order chi connectivity index (χ0) is 7.14. The molecule has 2 aliphatic rings. The van der Waals surface area contributed by atoms with Crippen LogP contribution in [0.1, 0.15) is 0 Å². The molecule has 3 atom stereocenters. The summed E-state index contributed by atoms with van der Waals surface area (Å²) in [5, 5.41) is 0.847. The number of nitrogens with two attached hydrogens (primary N) is 1. The van der Waals surface area contributed by atoms with Crippen LogP contribution in [0.2, 0.25) is 0 Å². The summed E-state index contributed by atoms with van der Waals surface area (Å²) in [5.41, 5.74) is 5.93. The third kappa shape index (κ3) is 0.966. The highest BCUT2D eigenvalue weighted by atomic mass is 32.2. The molecule has 58 valence electrons. The van der Waals surface area contributed by atoms with Crippen LogP contribution >= 0.6 is 11.8 Å². The second kappa shape index (κ2) is 2.40. The number of fused-ring (bicyclic) bond motifs is 1. The second-order valence-corrected chi connectivity index (χ2v) is 4.69. The number of rotatable bonds is 0. The Labute approximate surface area is 66.1 Å². The lowest BCUT2D eigenvalue weighted by molar-refractivity contribution is 0.380. The van der Waals surface area contributed by atoms with Crippen molar-refractivity contribution in [2.45, 2.75) is 11.3 Å². The first-order chi connectivity index (χ1) is 4.77. The smallest absolute Gasteiger partial charge is 0.0230 e. The van der Waals surface area contributed by atoms with Crippen LogP contribution < -0.4 is 5.73 Å². The molecule has 2 nitrogen and oxygen atoms in total. The Hall–Kier alpha value is 0.270. The summed E-state index contributed by atoms with van der Waals surface area (Å²) in [5.74, 6) is 1.97. The van der Waals surface area contributed by atoms with E-state index in [1.807, 2.05) is 0 Å². The largest absolute Gasteiger partial charge is 0.327 e. The Morgan fingerprint density at radius 1 is 1.50 bits per heavy atom. The van der Waals surface area contributed by atoms with Crippen LogP contribution in [0.3, 0.4) is 0 Å². The molecule has 0 radical (unpaired) electrons. The van der Waals surface area contributed by atoms with E-state index in [0.717, 1.165) is 11.2 Å². The Balaban J connectivity index is 2.05. The van der Waals surface area contributed by atoms with Gasteiger partial charge in [-0.2, -0.15) is 11.8 Å². The van der Waals surface area contributed by atoms with Crippen LogP contribution in [0.25, 0.3) is 0 Å². The lowest BCUT2D eigenvalue weighted by atomic mass is 10.0. The minimum absolute atomic E-state index is 0.472. The first kappa shape index (κ1) is 6.95. The van der Waals surface area contributed by atoms with E-state index in [9.17, 15) is 0 Å². The molecule has 0 aromatic carbocycles. The van der Waals surface area contributed by atoms with Crippen molar-refractivity contribution in [2.75, 3.05) is 25.9 Å². The van der Waals surface area contributed by atoms with Crippen molar-refractivity contribution in [3.05, 3.63) is 0 Å². The van der Waals surface area contributed by atoms with E-state index in [2.05, 4.69) is 23.7 Å². The summed E-state index contributed by atoms with van der Waals surface area (Å²) < 4.78 is 0. The topological polar surface area (TPSA) is 29.3 Å². The highest BCUT2D eigenvalue weighted by Crippen LogP contribution is 2.36. The first-order valence-corrected chi connectivity index (χ1v) is 4.88. The molecule has 0 aliphatic carbocycles. The minimum Gasteiger partial charge on any atom is -0.327 e. The third-order valence-corrected chi connectivity index (χ3v) is 4.05. The summed E-state index contributed by atoms with van der Waals surface area (Å²) in [4.78, 5) is 2.39. The molecule has 2 heterocycles. The highest BCUT2D eigenvalue weighted by Gasteiger charge is 2.40. The summed E-state index contributed by atoms with van der Waals surface area (Å²) in [6.45, 7) is 2.47. The van der Waals surface area contributed by atoms with Crippen LogP contribution in [-0.4, -0.2) is 42.1 Å². The maximum absolute atomic E-state index is 5.93. The Morgan fingerprint density at radius 2 is 2.30 bits per heavy atom. The van der Waals surface area contributed by atoms with Gasteiger partial charge in [-0.05, 0) is 7.05 Å². The monoisotopic (exact) mass is 158 g/mol. The van der Waals surface area contributed by atoms with E-state index in [4.69, 9.17) is 5.73 Å². The van der Waals surface area contributed by atoms with Gasteiger partial charge in [0.25, 0.3) is 0 Å². The van der Waals surface area contributed by atoms with Gasteiger partial charge in [0.1, 0.15) is 0 Å². The number of hydrogen-bond acceptors (Lipinski definition) is 3. The molecule has 2 saturated heterocycles. The predicted octanol–water partition coefficient (Wildman–Crippen LogP) is -0.00930. The van der Waals surface area contributed by atoms with Gasteiger partial charge in [-0.3, -0.25) is 0 Å². The van der Waals surface area contributed by atoms with E-state index in [0.29, 0.717) is 6.04 Å². The van der Waals surface area contributed by atoms with E-state index >= 15 is 0 Å². The van der Waals surface area contributed by atoms with E-state index < -0.39 is 0 Å². The van der Waals surface area contributed by atoms with Crippen molar-refractivity contribution in [2.24, 2.45) is 11.7 Å². The highest BCUT2D eigenvalue weighted by molar-refractivity contribution is 8.00. The fourth-order valence-corrected chi connectivity index (χ4v) is 3.55. The van der Waals surface area contributed by atoms with E-state index in [1.165, 1.54) is 18.8 Å². The van der Waals surface area contributed by atoms with Gasteiger partial charge in [0.05, 0.1) is 0 Å². The summed E-state index contributed by atoms with van der Waals surface area (Å²) in [6.07, 6.45) is 0. The third-order valence-electron chi connectivity index (χ3n) is 2.54. The van der Waals surface area contributed by atoms with Crippen molar-refractivity contribution >= 4 is 11.8 Å². The van der Waals surface area contributed by atoms with Gasteiger partial charge in [0, 0.05) is 36.1 Å². The molecule has 2 N–H and O–H groups in total. The van der Waals surface area contributed by atoms with E-state index in [-0.39, 0.29) is 0 Å². The normalized spacial score (nSPS) is 48.0. The van der Waals surface area contributed by atoms with Gasteiger partial charge in [-0.15, -0.1) is 0 Å². The first-order valence-electron chi connectivity index (χ1n) is 3.83. The maximum atomic E-state index is 5.93. The maximum Gasteiger partial charge on any atom is 0.0230 e. The summed E-state index contributed by atoms with van der Waals surface area (Å²) in [7, 11) is 2.19. The fourth-order valence-electron chi connectivity index (χ4n) is 1.94. The van der Waals surface area contributed by atoms with Crippen molar-refractivity contribution in [3.63, 3.8) is 0 Å². The van der Waals surface area contributed by atoms with Crippen LogP contribution in [0.15, 0.2) is 0 Å². The quantitative estimate of drug-likeness (QED) is 0.538. The number of likely N-dealkylation sites (tertiary alicyclic amines) is 1. The van der Waals surface area contributed by atoms with Crippen molar-refractivity contribution in [1.82, 2.24) is 4.90 Å². The average Bonchev–Trinajstić information content (AvgIpc) is 2.35. The lowest BCUT2D eigenvalue weighted by Gasteiger charge is -2.12. The van der Waals surface area contributed by atoms with Crippen LogP contribution in [-0.2, 0) is 0 Å². The number of nitrogens with zero attached hydrogens (tertiary/aromatic N) is 1. The zero-order valence-corrected chi connectivity index (χ0v) is 7.10. The molecule has 2 aliphatic heterocycles. The zero-order valence-electron chi connectivity index (χ0n) is 6.29. The van der Waals surface area contributed by atoms with Gasteiger partial charge in [0.15, 0.2) is 0 Å². The predicted molar refractivity (Wildman–Crippen MR) is 45.2 cm³/mol. The lowest BCUT2D eigenvalue weighted by Crippen LogP contribution is -2.32. The SMILES string of the molecule is CN1CC2SCC(N)C2C1. The molecule has 0 spiro atoms.